The van der Waals surface area contributed by atoms with Crippen molar-refractivity contribution in [1.82, 2.24) is 4.90 Å². The van der Waals surface area contributed by atoms with Crippen molar-refractivity contribution in [1.29, 1.82) is 0 Å². The molecule has 0 saturated heterocycles. The van der Waals surface area contributed by atoms with Crippen LogP contribution in [0, 0.1) is 0 Å². The van der Waals surface area contributed by atoms with E-state index in [4.69, 9.17) is 4.74 Å². The lowest BCUT2D eigenvalue weighted by Crippen LogP contribution is -2.11. The summed E-state index contributed by atoms with van der Waals surface area (Å²) >= 11 is 0. The Balaban J connectivity index is 0.00000242. The van der Waals surface area contributed by atoms with Gasteiger partial charge in [-0.15, -0.1) is 12.4 Å². The minimum atomic E-state index is 0. The SMILES string of the molecule is COc1ccccc1C/C(=C\CN(C)C)c1ccccc1.Cl. The molecule has 0 spiro atoms. The van der Waals surface area contributed by atoms with Crippen molar-refractivity contribution in [2.24, 2.45) is 0 Å². The Labute approximate surface area is 139 Å². The topological polar surface area (TPSA) is 12.5 Å². The van der Waals surface area contributed by atoms with Crippen LogP contribution in [0.4, 0.5) is 0 Å². The van der Waals surface area contributed by atoms with Gasteiger partial charge in [-0.3, -0.25) is 0 Å². The zero-order chi connectivity index (χ0) is 15.1. The molecular weight excluding hydrogens is 294 g/mol. The van der Waals surface area contributed by atoms with Crippen LogP contribution in [0.1, 0.15) is 11.1 Å². The van der Waals surface area contributed by atoms with Gasteiger partial charge in [-0.1, -0.05) is 54.6 Å². The number of allylic oxidation sites excluding steroid dienone is 1. The maximum absolute atomic E-state index is 5.47. The van der Waals surface area contributed by atoms with Crippen molar-refractivity contribution in [2.45, 2.75) is 6.42 Å². The van der Waals surface area contributed by atoms with E-state index in [2.05, 4.69) is 67.5 Å². The maximum atomic E-state index is 5.47. The second kappa shape index (κ2) is 9.29. The summed E-state index contributed by atoms with van der Waals surface area (Å²) in [7, 11) is 5.90. The Morgan fingerprint density at radius 1 is 1.00 bits per heavy atom. The first-order valence-corrected chi connectivity index (χ1v) is 7.22. The fraction of sp³-hybridized carbons (Fsp3) is 0.263. The summed E-state index contributed by atoms with van der Waals surface area (Å²) in [5.41, 5.74) is 3.81. The lowest BCUT2D eigenvalue weighted by atomic mass is 9.97. The van der Waals surface area contributed by atoms with E-state index in [-0.39, 0.29) is 12.4 Å². The fourth-order valence-corrected chi connectivity index (χ4v) is 2.29. The molecule has 2 nitrogen and oxygen atoms in total. The van der Waals surface area contributed by atoms with Gasteiger partial charge in [0.15, 0.2) is 0 Å². The standard InChI is InChI=1S/C19H23NO.ClH/c1-20(2)14-13-17(16-9-5-4-6-10-16)15-18-11-7-8-12-19(18)21-3;/h4-13H,14-15H2,1-3H3;1H/b17-13+;. The van der Waals surface area contributed by atoms with Crippen molar-refractivity contribution >= 4 is 18.0 Å². The van der Waals surface area contributed by atoms with Crippen molar-refractivity contribution in [3.63, 3.8) is 0 Å². The molecule has 0 aliphatic rings. The molecule has 0 aromatic heterocycles. The largest absolute Gasteiger partial charge is 0.496 e. The summed E-state index contributed by atoms with van der Waals surface area (Å²) in [5.74, 6) is 0.948. The third kappa shape index (κ3) is 5.21. The molecule has 3 heteroatoms. The summed E-state index contributed by atoms with van der Waals surface area (Å²) in [5, 5.41) is 0. The van der Waals surface area contributed by atoms with E-state index in [0.717, 1.165) is 18.7 Å². The third-order valence-corrected chi connectivity index (χ3v) is 3.42. The van der Waals surface area contributed by atoms with Crippen LogP contribution < -0.4 is 4.74 Å². The molecule has 0 fully saturated rings. The number of rotatable bonds is 6. The number of hydrogen-bond donors (Lipinski definition) is 0. The lowest BCUT2D eigenvalue weighted by Gasteiger charge is -2.13. The van der Waals surface area contributed by atoms with Gasteiger partial charge in [0.1, 0.15) is 5.75 Å². The number of benzene rings is 2. The Bertz CT molecular complexity index is 593. The van der Waals surface area contributed by atoms with E-state index >= 15 is 0 Å². The van der Waals surface area contributed by atoms with Crippen molar-refractivity contribution < 1.29 is 4.74 Å². The van der Waals surface area contributed by atoms with Gasteiger partial charge in [0.05, 0.1) is 7.11 Å². The molecule has 0 saturated carbocycles. The number of para-hydroxylation sites is 1. The second-order valence-corrected chi connectivity index (χ2v) is 5.35. The van der Waals surface area contributed by atoms with E-state index in [9.17, 15) is 0 Å². The number of ether oxygens (including phenoxy) is 1. The summed E-state index contributed by atoms with van der Waals surface area (Å²) in [6.45, 7) is 0.930. The van der Waals surface area contributed by atoms with Gasteiger partial charge in [-0.05, 0) is 36.9 Å². The van der Waals surface area contributed by atoms with Gasteiger partial charge in [0.2, 0.25) is 0 Å². The van der Waals surface area contributed by atoms with Gasteiger partial charge < -0.3 is 9.64 Å². The van der Waals surface area contributed by atoms with E-state index < -0.39 is 0 Å². The highest BCUT2D eigenvalue weighted by atomic mass is 35.5. The first kappa shape index (κ1) is 18.3. The van der Waals surface area contributed by atoms with Crippen LogP contribution in [0.15, 0.2) is 60.7 Å². The first-order chi connectivity index (χ1) is 10.2. The summed E-state index contributed by atoms with van der Waals surface area (Å²) in [6, 6.07) is 18.8. The highest BCUT2D eigenvalue weighted by Crippen LogP contribution is 2.25. The molecule has 0 bridgehead atoms. The smallest absolute Gasteiger partial charge is 0.122 e. The molecule has 0 amide bonds. The second-order valence-electron chi connectivity index (χ2n) is 5.35. The monoisotopic (exact) mass is 317 g/mol. The Morgan fingerprint density at radius 3 is 2.27 bits per heavy atom. The maximum Gasteiger partial charge on any atom is 0.122 e. The van der Waals surface area contributed by atoms with Crippen LogP contribution >= 0.6 is 12.4 Å². The Hall–Kier alpha value is -1.77. The fourth-order valence-electron chi connectivity index (χ4n) is 2.29. The van der Waals surface area contributed by atoms with Gasteiger partial charge in [-0.2, -0.15) is 0 Å². The lowest BCUT2D eigenvalue weighted by molar-refractivity contribution is 0.411. The average molecular weight is 318 g/mol. The molecule has 0 aliphatic carbocycles. The van der Waals surface area contributed by atoms with Crippen LogP contribution in [0.25, 0.3) is 5.57 Å². The van der Waals surface area contributed by atoms with Gasteiger partial charge in [-0.25, -0.2) is 0 Å². The molecule has 0 heterocycles. The molecule has 2 aromatic carbocycles. The number of nitrogens with zero attached hydrogens (tertiary/aromatic N) is 1. The number of methoxy groups -OCH3 is 1. The highest BCUT2D eigenvalue weighted by molar-refractivity contribution is 5.85. The predicted octanol–water partition coefficient (Wildman–Crippen LogP) is 4.30. The summed E-state index contributed by atoms with van der Waals surface area (Å²) in [4.78, 5) is 2.17. The Kier molecular flexibility index (Phi) is 7.72. The molecule has 22 heavy (non-hydrogen) atoms. The molecule has 0 radical (unpaired) electrons. The van der Waals surface area contributed by atoms with Crippen LogP contribution in [-0.4, -0.2) is 32.6 Å². The van der Waals surface area contributed by atoms with Crippen LogP contribution in [-0.2, 0) is 6.42 Å². The van der Waals surface area contributed by atoms with Crippen LogP contribution in [0.2, 0.25) is 0 Å². The van der Waals surface area contributed by atoms with Gasteiger partial charge in [0, 0.05) is 13.0 Å². The molecule has 2 aromatic rings. The molecule has 0 unspecified atom stereocenters. The van der Waals surface area contributed by atoms with E-state index in [1.54, 1.807) is 7.11 Å². The normalized spacial score (nSPS) is 11.2. The third-order valence-electron chi connectivity index (χ3n) is 3.42. The summed E-state index contributed by atoms with van der Waals surface area (Å²) < 4.78 is 5.47. The Morgan fingerprint density at radius 2 is 1.64 bits per heavy atom. The van der Waals surface area contributed by atoms with Crippen molar-refractivity contribution in [3.8, 4) is 5.75 Å². The molecule has 2 rings (SSSR count). The zero-order valence-electron chi connectivity index (χ0n) is 13.5. The number of halogens is 1. The molecule has 0 N–H and O–H groups in total. The van der Waals surface area contributed by atoms with Gasteiger partial charge in [0.25, 0.3) is 0 Å². The minimum Gasteiger partial charge on any atom is -0.496 e. The van der Waals surface area contributed by atoms with Crippen LogP contribution in [0.3, 0.4) is 0 Å². The van der Waals surface area contributed by atoms with Gasteiger partial charge >= 0.3 is 0 Å². The first-order valence-electron chi connectivity index (χ1n) is 7.22. The van der Waals surface area contributed by atoms with Crippen molar-refractivity contribution in [2.75, 3.05) is 27.7 Å². The molecule has 118 valence electrons. The van der Waals surface area contributed by atoms with Crippen LogP contribution in [0.5, 0.6) is 5.75 Å². The van der Waals surface area contributed by atoms with Crippen molar-refractivity contribution in [3.05, 3.63) is 71.8 Å². The summed E-state index contributed by atoms with van der Waals surface area (Å²) in [6.07, 6.45) is 3.17. The molecule has 0 aliphatic heterocycles. The van der Waals surface area contributed by atoms with E-state index in [1.807, 2.05) is 12.1 Å². The quantitative estimate of drug-likeness (QED) is 0.787. The number of hydrogen-bond acceptors (Lipinski definition) is 2. The predicted molar refractivity (Wildman–Crippen MR) is 96.9 cm³/mol. The minimum absolute atomic E-state index is 0. The van der Waals surface area contributed by atoms with E-state index in [1.165, 1.54) is 16.7 Å². The highest BCUT2D eigenvalue weighted by Gasteiger charge is 2.07. The zero-order valence-corrected chi connectivity index (χ0v) is 14.3. The average Bonchev–Trinajstić information content (AvgIpc) is 2.52. The van der Waals surface area contributed by atoms with E-state index in [0.29, 0.717) is 0 Å². The number of likely N-dealkylation sites (N-methyl/N-ethyl adjacent to an activating group) is 1. The molecule has 0 atom stereocenters. The molecular formula is C19H24ClNO.